The molecule has 0 aliphatic rings. The van der Waals surface area contributed by atoms with Crippen molar-refractivity contribution < 1.29 is 18.7 Å². The number of amides is 2. The number of nitrogens with one attached hydrogen (secondary N) is 2. The maximum atomic E-state index is 13.6. The van der Waals surface area contributed by atoms with E-state index in [1.807, 2.05) is 6.92 Å². The lowest BCUT2D eigenvalue weighted by molar-refractivity contribution is 0.228. The lowest BCUT2D eigenvalue weighted by Crippen LogP contribution is -2.39. The van der Waals surface area contributed by atoms with Gasteiger partial charge in [-0.25, -0.2) is 13.6 Å². The Morgan fingerprint density at radius 2 is 2.10 bits per heavy atom. The highest BCUT2D eigenvalue weighted by Crippen LogP contribution is 2.18. The minimum Gasteiger partial charge on any atom is -0.396 e. The molecule has 0 bridgehead atoms. The summed E-state index contributed by atoms with van der Waals surface area (Å²) in [4.78, 5) is 11.7. The highest BCUT2D eigenvalue weighted by molar-refractivity contribution is 5.74. The average molecular weight is 300 g/mol. The van der Waals surface area contributed by atoms with Crippen LogP contribution < -0.4 is 10.6 Å². The van der Waals surface area contributed by atoms with E-state index >= 15 is 0 Å². The van der Waals surface area contributed by atoms with E-state index in [1.165, 1.54) is 12.1 Å². The Morgan fingerprint density at radius 1 is 1.38 bits per heavy atom. The van der Waals surface area contributed by atoms with Crippen molar-refractivity contribution in [1.82, 2.24) is 10.6 Å². The van der Waals surface area contributed by atoms with Crippen LogP contribution in [0.4, 0.5) is 13.6 Å². The molecule has 2 amide bonds. The minimum absolute atomic E-state index is 0.0761. The zero-order valence-corrected chi connectivity index (χ0v) is 12.3. The van der Waals surface area contributed by atoms with Crippen molar-refractivity contribution in [3.05, 3.63) is 35.4 Å². The Labute approximate surface area is 123 Å². The van der Waals surface area contributed by atoms with Gasteiger partial charge < -0.3 is 15.7 Å². The van der Waals surface area contributed by atoms with Crippen LogP contribution in [0.15, 0.2) is 18.2 Å². The van der Waals surface area contributed by atoms with Crippen LogP contribution in [-0.4, -0.2) is 24.3 Å². The molecule has 0 aliphatic carbocycles. The van der Waals surface area contributed by atoms with E-state index < -0.39 is 23.7 Å². The number of halogens is 2. The quantitative estimate of drug-likeness (QED) is 0.725. The number of benzene rings is 1. The summed E-state index contributed by atoms with van der Waals surface area (Å²) in [5.74, 6) is -1.69. The first kappa shape index (κ1) is 17.4. The summed E-state index contributed by atoms with van der Waals surface area (Å²) < 4.78 is 26.7. The number of aliphatic hydroxyl groups excluding tert-OH is 1. The molecule has 1 aromatic carbocycles. The van der Waals surface area contributed by atoms with Gasteiger partial charge in [0.2, 0.25) is 0 Å². The van der Waals surface area contributed by atoms with Gasteiger partial charge in [-0.2, -0.15) is 0 Å². The number of hydrogen-bond acceptors (Lipinski definition) is 2. The second kappa shape index (κ2) is 8.56. The van der Waals surface area contributed by atoms with E-state index in [2.05, 4.69) is 10.6 Å². The van der Waals surface area contributed by atoms with Gasteiger partial charge in [-0.05, 0) is 25.3 Å². The molecule has 3 N–H and O–H groups in total. The van der Waals surface area contributed by atoms with Gasteiger partial charge in [-0.3, -0.25) is 0 Å². The molecule has 2 atom stereocenters. The van der Waals surface area contributed by atoms with Gasteiger partial charge in [0.15, 0.2) is 11.6 Å². The third-order valence-corrected chi connectivity index (χ3v) is 3.46. The fourth-order valence-corrected chi connectivity index (χ4v) is 2.05. The summed E-state index contributed by atoms with van der Waals surface area (Å²) in [5, 5.41) is 14.1. The smallest absolute Gasteiger partial charge is 0.315 e. The largest absolute Gasteiger partial charge is 0.396 e. The summed E-state index contributed by atoms with van der Waals surface area (Å²) in [5.41, 5.74) is 0.104. The molecule has 2 unspecified atom stereocenters. The molecule has 1 rings (SSSR count). The van der Waals surface area contributed by atoms with Gasteiger partial charge >= 0.3 is 6.03 Å². The molecule has 21 heavy (non-hydrogen) atoms. The molecule has 0 saturated carbocycles. The van der Waals surface area contributed by atoms with Crippen LogP contribution in [0, 0.1) is 17.6 Å². The standard InChI is InChI=1S/C15H22F2N2O2/c1-3-11(7-8-20)9-18-15(21)19-10(2)12-5-4-6-13(16)14(12)17/h4-6,10-11,20H,3,7-9H2,1-2H3,(H2,18,19,21). The molecule has 0 radical (unpaired) electrons. The first-order valence-electron chi connectivity index (χ1n) is 7.08. The summed E-state index contributed by atoms with van der Waals surface area (Å²) in [7, 11) is 0. The molecule has 0 aliphatic heterocycles. The fraction of sp³-hybridized carbons (Fsp3) is 0.533. The summed E-state index contributed by atoms with van der Waals surface area (Å²) >= 11 is 0. The number of hydrogen-bond donors (Lipinski definition) is 3. The normalized spacial score (nSPS) is 13.6. The van der Waals surface area contributed by atoms with Gasteiger partial charge in [-0.1, -0.05) is 25.5 Å². The Morgan fingerprint density at radius 3 is 2.71 bits per heavy atom. The predicted octanol–water partition coefficient (Wildman–Crippen LogP) is 2.73. The molecule has 118 valence electrons. The second-order valence-corrected chi connectivity index (χ2v) is 5.01. The van der Waals surface area contributed by atoms with Crippen LogP contribution >= 0.6 is 0 Å². The average Bonchev–Trinajstić information content (AvgIpc) is 2.46. The van der Waals surface area contributed by atoms with Crippen LogP contribution in [0.2, 0.25) is 0 Å². The lowest BCUT2D eigenvalue weighted by atomic mass is 10.0. The van der Waals surface area contributed by atoms with Crippen LogP contribution in [0.25, 0.3) is 0 Å². The number of urea groups is 1. The van der Waals surface area contributed by atoms with Crippen molar-refractivity contribution in [2.45, 2.75) is 32.7 Å². The molecule has 0 spiro atoms. The first-order valence-corrected chi connectivity index (χ1v) is 7.08. The monoisotopic (exact) mass is 300 g/mol. The molecule has 0 fully saturated rings. The Balaban J connectivity index is 2.52. The SMILES string of the molecule is CCC(CCO)CNC(=O)NC(C)c1cccc(F)c1F. The number of carbonyl (C=O) groups is 1. The second-order valence-electron chi connectivity index (χ2n) is 5.01. The third-order valence-electron chi connectivity index (χ3n) is 3.46. The van der Waals surface area contributed by atoms with Crippen LogP contribution in [0.3, 0.4) is 0 Å². The van der Waals surface area contributed by atoms with Crippen molar-refractivity contribution in [2.24, 2.45) is 5.92 Å². The molecule has 6 heteroatoms. The van der Waals surface area contributed by atoms with Gasteiger partial charge in [0.25, 0.3) is 0 Å². The molecular formula is C15H22F2N2O2. The first-order chi connectivity index (χ1) is 9.99. The predicted molar refractivity (Wildman–Crippen MR) is 76.8 cm³/mol. The van der Waals surface area contributed by atoms with Crippen molar-refractivity contribution in [2.75, 3.05) is 13.2 Å². The van der Waals surface area contributed by atoms with Crippen LogP contribution in [0.1, 0.15) is 38.3 Å². The van der Waals surface area contributed by atoms with Crippen LogP contribution in [0.5, 0.6) is 0 Å². The van der Waals surface area contributed by atoms with Crippen molar-refractivity contribution in [3.8, 4) is 0 Å². The Kier molecular flexibility index (Phi) is 7.08. The molecule has 4 nitrogen and oxygen atoms in total. The van der Waals surface area contributed by atoms with Gasteiger partial charge in [0, 0.05) is 18.7 Å². The van der Waals surface area contributed by atoms with Crippen molar-refractivity contribution in [3.63, 3.8) is 0 Å². The van der Waals surface area contributed by atoms with Crippen LogP contribution in [-0.2, 0) is 0 Å². The molecule has 0 aromatic heterocycles. The third kappa shape index (κ3) is 5.30. The maximum Gasteiger partial charge on any atom is 0.315 e. The Bertz CT molecular complexity index is 469. The molecule has 0 saturated heterocycles. The maximum absolute atomic E-state index is 13.6. The highest BCUT2D eigenvalue weighted by Gasteiger charge is 2.16. The van der Waals surface area contributed by atoms with E-state index in [-0.39, 0.29) is 18.1 Å². The number of rotatable bonds is 7. The lowest BCUT2D eigenvalue weighted by Gasteiger charge is -2.18. The van der Waals surface area contributed by atoms with Gasteiger partial charge in [-0.15, -0.1) is 0 Å². The van der Waals surface area contributed by atoms with Gasteiger partial charge in [0.1, 0.15) is 0 Å². The highest BCUT2D eigenvalue weighted by atomic mass is 19.2. The van der Waals surface area contributed by atoms with E-state index in [4.69, 9.17) is 5.11 Å². The topological polar surface area (TPSA) is 61.4 Å². The van der Waals surface area contributed by atoms with E-state index in [1.54, 1.807) is 6.92 Å². The zero-order chi connectivity index (χ0) is 15.8. The van der Waals surface area contributed by atoms with Gasteiger partial charge in [0.05, 0.1) is 6.04 Å². The molecule has 1 aromatic rings. The van der Waals surface area contributed by atoms with E-state index in [9.17, 15) is 13.6 Å². The number of carbonyl (C=O) groups excluding carboxylic acids is 1. The Hall–Kier alpha value is -1.69. The minimum atomic E-state index is -0.947. The number of aliphatic hydroxyl groups is 1. The summed E-state index contributed by atoms with van der Waals surface area (Å²) in [6, 6.07) is 2.79. The van der Waals surface area contributed by atoms with E-state index in [0.29, 0.717) is 13.0 Å². The zero-order valence-electron chi connectivity index (χ0n) is 12.3. The van der Waals surface area contributed by atoms with E-state index in [0.717, 1.165) is 12.5 Å². The molecular weight excluding hydrogens is 278 g/mol. The van der Waals surface area contributed by atoms with Crippen molar-refractivity contribution >= 4 is 6.03 Å². The summed E-state index contributed by atoms with van der Waals surface area (Å²) in [6.07, 6.45) is 1.46. The fourth-order valence-electron chi connectivity index (χ4n) is 2.05. The molecule has 0 heterocycles. The van der Waals surface area contributed by atoms with Crippen molar-refractivity contribution in [1.29, 1.82) is 0 Å². The summed E-state index contributed by atoms with van der Waals surface area (Å²) in [6.45, 7) is 4.07.